The maximum Gasteiger partial charge on any atom is 0.331 e. The number of carbonyl (C=O) groups excluding carboxylic acids is 1. The van der Waals surface area contributed by atoms with E-state index in [2.05, 4.69) is 0 Å². The fourth-order valence-electron chi connectivity index (χ4n) is 4.81. The lowest BCUT2D eigenvalue weighted by Gasteiger charge is -2.46. The highest BCUT2D eigenvalue weighted by Crippen LogP contribution is 2.32. The number of phenols is 2. The molecule has 0 amide bonds. The van der Waals surface area contributed by atoms with Crippen LogP contribution in [0.2, 0.25) is 0 Å². The first-order chi connectivity index (χ1) is 21.5. The summed E-state index contributed by atoms with van der Waals surface area (Å²) in [6.07, 6.45) is -8.89. The second-order valence-corrected chi connectivity index (χ2v) is 10.5. The first-order valence-electron chi connectivity index (χ1n) is 14.1. The molecule has 0 aliphatic carbocycles. The van der Waals surface area contributed by atoms with E-state index in [1.165, 1.54) is 50.4 Å². The van der Waals surface area contributed by atoms with Crippen LogP contribution in [0.4, 0.5) is 0 Å². The Kier molecular flexibility index (Phi) is 11.9. The molecule has 0 bridgehead atoms. The number of ether oxygens (including phenoxy) is 6. The Morgan fingerprint density at radius 2 is 1.58 bits per heavy atom. The molecule has 0 unspecified atom stereocenters. The van der Waals surface area contributed by atoms with E-state index in [-0.39, 0.29) is 23.9 Å². The molecule has 0 radical (unpaired) electrons. The van der Waals surface area contributed by atoms with Gasteiger partial charge in [-0.1, -0.05) is 30.4 Å². The molecule has 0 saturated carbocycles. The van der Waals surface area contributed by atoms with Gasteiger partial charge in [0, 0.05) is 6.08 Å². The summed E-state index contributed by atoms with van der Waals surface area (Å²) in [6, 6.07) is 10.8. The SMILES string of the molecule is COc1cc(C=CC(=O)O[C@H]2[C@H](O[C@@H]3O[C@@H](C)[C@H](O)[C@@H](O)[C@H]3O)[C@@H](O)[C@H](OCC=Cc3ccc(O)cc3)O[C@@H]2CO)ccc1O. The molecule has 2 fully saturated rings. The molecular weight excluding hydrogens is 596 g/mol. The molecule has 2 heterocycles. The van der Waals surface area contributed by atoms with Crippen LogP contribution < -0.4 is 4.74 Å². The van der Waals surface area contributed by atoms with Crippen molar-refractivity contribution in [3.8, 4) is 17.2 Å². The smallest absolute Gasteiger partial charge is 0.331 e. The van der Waals surface area contributed by atoms with E-state index in [9.17, 15) is 40.5 Å². The van der Waals surface area contributed by atoms with Crippen molar-refractivity contribution in [2.75, 3.05) is 20.3 Å². The van der Waals surface area contributed by atoms with E-state index in [1.54, 1.807) is 24.3 Å². The lowest BCUT2D eigenvalue weighted by Crippen LogP contribution is -2.65. The van der Waals surface area contributed by atoms with Crippen LogP contribution in [0.3, 0.4) is 0 Å². The molecule has 246 valence electrons. The van der Waals surface area contributed by atoms with E-state index in [0.717, 1.165) is 11.6 Å². The number of phenolic OH excluding ortho intramolecular Hbond substituents is 2. The number of methoxy groups -OCH3 is 1. The highest BCUT2D eigenvalue weighted by Gasteiger charge is 2.52. The van der Waals surface area contributed by atoms with Gasteiger partial charge in [-0.25, -0.2) is 4.79 Å². The molecule has 2 aromatic rings. The van der Waals surface area contributed by atoms with Crippen molar-refractivity contribution in [1.29, 1.82) is 0 Å². The molecule has 45 heavy (non-hydrogen) atoms. The molecular formula is C31H38O14. The van der Waals surface area contributed by atoms with Gasteiger partial charge in [-0.15, -0.1) is 0 Å². The molecule has 10 atom stereocenters. The van der Waals surface area contributed by atoms with Crippen molar-refractivity contribution in [2.24, 2.45) is 0 Å². The minimum absolute atomic E-state index is 0.0682. The highest BCUT2D eigenvalue weighted by molar-refractivity contribution is 5.87. The molecule has 0 aromatic heterocycles. The Balaban J connectivity index is 1.52. The van der Waals surface area contributed by atoms with Gasteiger partial charge in [-0.3, -0.25) is 0 Å². The summed E-state index contributed by atoms with van der Waals surface area (Å²) in [7, 11) is 1.37. The Morgan fingerprint density at radius 1 is 0.867 bits per heavy atom. The Hall–Kier alpha value is -3.57. The van der Waals surface area contributed by atoms with Crippen molar-refractivity contribution in [3.63, 3.8) is 0 Å². The van der Waals surface area contributed by atoms with E-state index in [4.69, 9.17) is 28.4 Å². The number of aromatic hydroxyl groups is 2. The van der Waals surface area contributed by atoms with Gasteiger partial charge in [0.05, 0.1) is 26.4 Å². The Bertz CT molecular complexity index is 1310. The van der Waals surface area contributed by atoms with Gasteiger partial charge in [0.1, 0.15) is 42.4 Å². The molecule has 2 aliphatic rings. The van der Waals surface area contributed by atoms with Gasteiger partial charge in [0.15, 0.2) is 30.2 Å². The average molecular weight is 635 g/mol. The minimum atomic E-state index is -1.74. The molecule has 2 saturated heterocycles. The van der Waals surface area contributed by atoms with Crippen LogP contribution in [0.5, 0.6) is 17.2 Å². The van der Waals surface area contributed by atoms with Gasteiger partial charge in [-0.05, 0) is 48.4 Å². The topological polar surface area (TPSA) is 214 Å². The monoisotopic (exact) mass is 634 g/mol. The summed E-state index contributed by atoms with van der Waals surface area (Å²) < 4.78 is 33.4. The quantitative estimate of drug-likeness (QED) is 0.129. The first kappa shape index (κ1) is 34.3. The normalized spacial score (nSPS) is 32.2. The summed E-state index contributed by atoms with van der Waals surface area (Å²) >= 11 is 0. The zero-order valence-electron chi connectivity index (χ0n) is 24.5. The van der Waals surface area contributed by atoms with Crippen LogP contribution in [-0.4, -0.2) is 123 Å². The Labute approximate surface area is 258 Å². The van der Waals surface area contributed by atoms with Crippen molar-refractivity contribution in [3.05, 3.63) is 65.7 Å². The standard InChI is InChI=1S/C31H38O14/c1-16-24(36)25(37)26(38)31(42-16)45-29-27(39)30(41-13-3-4-17-5-9-19(33)10-6-17)43-22(15-32)28(29)44-23(35)12-8-18-7-11-20(34)21(14-18)40-2/h3-12,14,16,22,24-34,36-39H,13,15H2,1-2H3/t16-,22+,24-,25+,26+,27+,28+,29+,30+,31-/m0/s1. The second-order valence-electron chi connectivity index (χ2n) is 10.5. The predicted octanol–water partition coefficient (Wildman–Crippen LogP) is 0.0522. The third-order valence-electron chi connectivity index (χ3n) is 7.32. The lowest BCUT2D eigenvalue weighted by molar-refractivity contribution is -0.356. The molecule has 0 spiro atoms. The predicted molar refractivity (Wildman–Crippen MR) is 156 cm³/mol. The molecule has 14 heteroatoms. The zero-order valence-corrected chi connectivity index (χ0v) is 24.5. The number of hydrogen-bond acceptors (Lipinski definition) is 14. The first-order valence-corrected chi connectivity index (χ1v) is 14.1. The maximum absolute atomic E-state index is 12.9. The molecule has 2 aliphatic heterocycles. The van der Waals surface area contributed by atoms with E-state index >= 15 is 0 Å². The fraction of sp³-hybridized carbons (Fsp3) is 0.452. The van der Waals surface area contributed by atoms with E-state index < -0.39 is 74.0 Å². The van der Waals surface area contributed by atoms with Crippen LogP contribution in [-0.2, 0) is 28.5 Å². The van der Waals surface area contributed by atoms with Crippen LogP contribution in [0, 0.1) is 0 Å². The summed E-state index contributed by atoms with van der Waals surface area (Å²) in [6.45, 7) is 0.680. The van der Waals surface area contributed by atoms with Crippen molar-refractivity contribution in [1.82, 2.24) is 0 Å². The van der Waals surface area contributed by atoms with Crippen molar-refractivity contribution in [2.45, 2.75) is 68.3 Å². The summed E-state index contributed by atoms with van der Waals surface area (Å²) in [5.41, 5.74) is 1.25. The molecule has 14 nitrogen and oxygen atoms in total. The average Bonchev–Trinajstić information content (AvgIpc) is 3.03. The fourth-order valence-corrected chi connectivity index (χ4v) is 4.81. The van der Waals surface area contributed by atoms with Crippen molar-refractivity contribution < 1.29 is 69.0 Å². The van der Waals surface area contributed by atoms with Crippen molar-refractivity contribution >= 4 is 18.1 Å². The maximum atomic E-state index is 12.9. The van der Waals surface area contributed by atoms with Gasteiger partial charge < -0.3 is 64.2 Å². The molecule has 4 rings (SSSR count). The zero-order chi connectivity index (χ0) is 32.7. The van der Waals surface area contributed by atoms with E-state index in [1.807, 2.05) is 0 Å². The third kappa shape index (κ3) is 8.58. The molecule has 2 aromatic carbocycles. The lowest BCUT2D eigenvalue weighted by atomic mass is 9.97. The molecule has 7 N–H and O–H groups in total. The third-order valence-corrected chi connectivity index (χ3v) is 7.32. The summed E-state index contributed by atoms with van der Waals surface area (Å²) in [5.74, 6) is -0.722. The van der Waals surface area contributed by atoms with Crippen LogP contribution >= 0.6 is 0 Å². The van der Waals surface area contributed by atoms with Crippen LogP contribution in [0.15, 0.2) is 54.6 Å². The van der Waals surface area contributed by atoms with Gasteiger partial charge in [0.25, 0.3) is 0 Å². The number of benzene rings is 2. The Morgan fingerprint density at radius 3 is 2.27 bits per heavy atom. The number of carbonyl (C=O) groups is 1. The van der Waals surface area contributed by atoms with Gasteiger partial charge in [0.2, 0.25) is 0 Å². The number of esters is 1. The largest absolute Gasteiger partial charge is 0.508 e. The second kappa shape index (κ2) is 15.6. The van der Waals surface area contributed by atoms with E-state index in [0.29, 0.717) is 5.56 Å². The summed E-state index contributed by atoms with van der Waals surface area (Å²) in [5, 5.41) is 71.5. The number of aliphatic hydroxyl groups is 5. The number of hydrogen-bond donors (Lipinski definition) is 7. The van der Waals surface area contributed by atoms with Gasteiger partial charge >= 0.3 is 5.97 Å². The van der Waals surface area contributed by atoms with Crippen LogP contribution in [0.1, 0.15) is 18.1 Å². The summed E-state index contributed by atoms with van der Waals surface area (Å²) in [4.78, 5) is 12.9. The van der Waals surface area contributed by atoms with Gasteiger partial charge in [-0.2, -0.15) is 0 Å². The number of rotatable bonds is 11. The van der Waals surface area contributed by atoms with Crippen LogP contribution in [0.25, 0.3) is 12.2 Å². The minimum Gasteiger partial charge on any atom is -0.508 e. The number of aliphatic hydroxyl groups excluding tert-OH is 5. The highest BCUT2D eigenvalue weighted by atomic mass is 16.7.